The van der Waals surface area contributed by atoms with Gasteiger partial charge >= 0.3 is 0 Å². The van der Waals surface area contributed by atoms with E-state index in [0.717, 1.165) is 37.1 Å². The van der Waals surface area contributed by atoms with E-state index in [4.69, 9.17) is 0 Å². The number of rotatable bonds is 3. The zero-order chi connectivity index (χ0) is 14.0. The highest BCUT2D eigenvalue weighted by Crippen LogP contribution is 2.27. The van der Waals surface area contributed by atoms with Crippen LogP contribution in [-0.2, 0) is 6.42 Å². The lowest BCUT2D eigenvalue weighted by Crippen LogP contribution is -2.48. The second-order valence-corrected chi connectivity index (χ2v) is 7.03. The SMILES string of the molecule is CCCc1cc(C(=O)N2CCCC(C)(O)C2)sc1C. The van der Waals surface area contributed by atoms with E-state index in [-0.39, 0.29) is 5.91 Å². The van der Waals surface area contributed by atoms with Crippen LogP contribution >= 0.6 is 11.3 Å². The van der Waals surface area contributed by atoms with Crippen LogP contribution in [0.5, 0.6) is 0 Å². The Morgan fingerprint density at radius 2 is 2.32 bits per heavy atom. The van der Waals surface area contributed by atoms with Crippen LogP contribution < -0.4 is 0 Å². The van der Waals surface area contributed by atoms with Crippen molar-refractivity contribution >= 4 is 17.2 Å². The summed E-state index contributed by atoms with van der Waals surface area (Å²) in [5, 5.41) is 10.1. The van der Waals surface area contributed by atoms with Crippen molar-refractivity contribution in [1.82, 2.24) is 4.90 Å². The summed E-state index contributed by atoms with van der Waals surface area (Å²) in [6, 6.07) is 2.04. The van der Waals surface area contributed by atoms with Gasteiger partial charge in [-0.15, -0.1) is 11.3 Å². The first-order chi connectivity index (χ1) is 8.93. The van der Waals surface area contributed by atoms with Crippen molar-refractivity contribution in [2.24, 2.45) is 0 Å². The lowest BCUT2D eigenvalue weighted by molar-refractivity contribution is -0.0105. The highest BCUT2D eigenvalue weighted by molar-refractivity contribution is 7.14. The lowest BCUT2D eigenvalue weighted by Gasteiger charge is -2.36. The molecule has 2 heterocycles. The van der Waals surface area contributed by atoms with Crippen LogP contribution in [0.25, 0.3) is 0 Å². The standard InChI is InChI=1S/C15H23NO2S/c1-4-6-12-9-13(19-11(12)2)14(17)16-8-5-7-15(3,18)10-16/h9,18H,4-8,10H2,1-3H3. The van der Waals surface area contributed by atoms with Crippen LogP contribution in [-0.4, -0.2) is 34.6 Å². The molecular weight excluding hydrogens is 258 g/mol. The van der Waals surface area contributed by atoms with E-state index in [1.54, 1.807) is 16.2 Å². The van der Waals surface area contributed by atoms with Gasteiger partial charge in [-0.2, -0.15) is 0 Å². The quantitative estimate of drug-likeness (QED) is 0.925. The first-order valence-electron chi connectivity index (χ1n) is 7.04. The predicted octanol–water partition coefficient (Wildman–Crippen LogP) is 3.00. The number of carbonyl (C=O) groups is 1. The Bertz CT molecular complexity index is 465. The maximum absolute atomic E-state index is 12.5. The number of piperidine rings is 1. The van der Waals surface area contributed by atoms with Crippen molar-refractivity contribution in [3.63, 3.8) is 0 Å². The fraction of sp³-hybridized carbons (Fsp3) is 0.667. The second kappa shape index (κ2) is 5.63. The normalized spacial score (nSPS) is 23.7. The van der Waals surface area contributed by atoms with E-state index < -0.39 is 5.60 Å². The van der Waals surface area contributed by atoms with Gasteiger partial charge in [0.05, 0.1) is 10.5 Å². The topological polar surface area (TPSA) is 40.5 Å². The van der Waals surface area contributed by atoms with Crippen LogP contribution in [0.2, 0.25) is 0 Å². The third-order valence-electron chi connectivity index (χ3n) is 3.71. The molecular formula is C15H23NO2S. The Morgan fingerprint density at radius 1 is 1.58 bits per heavy atom. The number of thiophene rings is 1. The number of hydrogen-bond donors (Lipinski definition) is 1. The van der Waals surface area contributed by atoms with E-state index in [1.165, 1.54) is 10.4 Å². The van der Waals surface area contributed by atoms with E-state index in [2.05, 4.69) is 13.8 Å². The summed E-state index contributed by atoms with van der Waals surface area (Å²) >= 11 is 1.58. The van der Waals surface area contributed by atoms with Gasteiger partial charge in [-0.05, 0) is 44.7 Å². The highest BCUT2D eigenvalue weighted by Gasteiger charge is 2.31. The maximum Gasteiger partial charge on any atom is 0.264 e. The van der Waals surface area contributed by atoms with Crippen LogP contribution in [0.4, 0.5) is 0 Å². The van der Waals surface area contributed by atoms with Gasteiger partial charge in [-0.3, -0.25) is 4.79 Å². The number of aryl methyl sites for hydroxylation is 2. The second-order valence-electron chi connectivity index (χ2n) is 5.77. The molecule has 0 aliphatic carbocycles. The van der Waals surface area contributed by atoms with Gasteiger partial charge in [0.2, 0.25) is 0 Å². The van der Waals surface area contributed by atoms with Crippen LogP contribution in [0, 0.1) is 6.92 Å². The van der Waals surface area contributed by atoms with Gasteiger partial charge in [0.1, 0.15) is 0 Å². The smallest absolute Gasteiger partial charge is 0.264 e. The minimum atomic E-state index is -0.730. The average molecular weight is 281 g/mol. The minimum Gasteiger partial charge on any atom is -0.388 e. The maximum atomic E-state index is 12.5. The molecule has 2 rings (SSSR count). The van der Waals surface area contributed by atoms with Crippen molar-refractivity contribution < 1.29 is 9.90 Å². The molecule has 106 valence electrons. The number of aliphatic hydroxyl groups is 1. The summed E-state index contributed by atoms with van der Waals surface area (Å²) in [6.45, 7) is 7.26. The molecule has 4 heteroatoms. The summed E-state index contributed by atoms with van der Waals surface area (Å²) < 4.78 is 0. The summed E-state index contributed by atoms with van der Waals surface area (Å²) in [7, 11) is 0. The van der Waals surface area contributed by atoms with Crippen LogP contribution in [0.15, 0.2) is 6.07 Å². The molecule has 1 atom stereocenters. The average Bonchev–Trinajstić information content (AvgIpc) is 2.69. The van der Waals surface area contributed by atoms with Gasteiger partial charge in [0.15, 0.2) is 0 Å². The molecule has 1 amide bonds. The van der Waals surface area contributed by atoms with Crippen molar-refractivity contribution in [2.75, 3.05) is 13.1 Å². The Labute approximate surface area is 119 Å². The van der Waals surface area contributed by atoms with Crippen molar-refractivity contribution in [3.8, 4) is 0 Å². The third kappa shape index (κ3) is 3.37. The summed E-state index contributed by atoms with van der Waals surface area (Å²) in [6.07, 6.45) is 3.79. The van der Waals surface area contributed by atoms with Crippen molar-refractivity contribution in [2.45, 2.75) is 52.1 Å². The molecule has 3 nitrogen and oxygen atoms in total. The Hall–Kier alpha value is -0.870. The summed E-state index contributed by atoms with van der Waals surface area (Å²) in [5.41, 5.74) is 0.562. The van der Waals surface area contributed by atoms with Gasteiger partial charge in [0.25, 0.3) is 5.91 Å². The van der Waals surface area contributed by atoms with Gasteiger partial charge in [-0.1, -0.05) is 13.3 Å². The Morgan fingerprint density at radius 3 is 2.95 bits per heavy atom. The number of likely N-dealkylation sites (tertiary alicyclic amines) is 1. The molecule has 0 saturated carbocycles. The molecule has 1 aromatic rings. The Kier molecular flexibility index (Phi) is 4.31. The Balaban J connectivity index is 2.13. The molecule has 0 aromatic carbocycles. The summed E-state index contributed by atoms with van der Waals surface area (Å²) in [5.74, 6) is 0.0791. The first-order valence-corrected chi connectivity index (χ1v) is 7.85. The van der Waals surface area contributed by atoms with Crippen molar-refractivity contribution in [3.05, 3.63) is 21.4 Å². The molecule has 1 N–H and O–H groups in total. The molecule has 0 bridgehead atoms. The molecule has 1 unspecified atom stereocenters. The molecule has 19 heavy (non-hydrogen) atoms. The fourth-order valence-corrected chi connectivity index (χ4v) is 3.73. The van der Waals surface area contributed by atoms with E-state index in [9.17, 15) is 9.90 Å². The monoisotopic (exact) mass is 281 g/mol. The number of amides is 1. The van der Waals surface area contributed by atoms with Gasteiger partial charge < -0.3 is 10.0 Å². The lowest BCUT2D eigenvalue weighted by atomic mass is 9.95. The largest absolute Gasteiger partial charge is 0.388 e. The third-order valence-corrected chi connectivity index (χ3v) is 4.79. The van der Waals surface area contributed by atoms with Crippen LogP contribution in [0.3, 0.4) is 0 Å². The molecule has 1 saturated heterocycles. The zero-order valence-corrected chi connectivity index (χ0v) is 12.8. The van der Waals surface area contributed by atoms with E-state index in [0.29, 0.717) is 6.54 Å². The highest BCUT2D eigenvalue weighted by atomic mass is 32.1. The predicted molar refractivity (Wildman–Crippen MR) is 78.8 cm³/mol. The molecule has 1 aromatic heterocycles. The molecule has 1 aliphatic heterocycles. The number of carbonyl (C=O) groups excluding carboxylic acids is 1. The zero-order valence-electron chi connectivity index (χ0n) is 12.0. The van der Waals surface area contributed by atoms with Gasteiger partial charge in [0, 0.05) is 18.0 Å². The number of hydrogen-bond acceptors (Lipinski definition) is 3. The summed E-state index contributed by atoms with van der Waals surface area (Å²) in [4.78, 5) is 16.3. The van der Waals surface area contributed by atoms with Gasteiger partial charge in [-0.25, -0.2) is 0 Å². The minimum absolute atomic E-state index is 0.0791. The molecule has 1 fully saturated rings. The molecule has 0 radical (unpaired) electrons. The fourth-order valence-electron chi connectivity index (χ4n) is 2.69. The number of β-amino-alcohol motifs (C(OH)–C–C–N with tert-alkyl or cyclic N) is 1. The van der Waals surface area contributed by atoms with E-state index >= 15 is 0 Å². The number of nitrogens with zero attached hydrogens (tertiary/aromatic N) is 1. The molecule has 1 aliphatic rings. The van der Waals surface area contributed by atoms with Crippen molar-refractivity contribution in [1.29, 1.82) is 0 Å². The first kappa shape index (κ1) is 14.5. The van der Waals surface area contributed by atoms with Crippen LogP contribution in [0.1, 0.15) is 53.2 Å². The van der Waals surface area contributed by atoms with E-state index in [1.807, 2.05) is 13.0 Å². The molecule has 0 spiro atoms.